The normalized spacial score (nSPS) is 10.7. The van der Waals surface area contributed by atoms with Crippen molar-refractivity contribution in [2.24, 2.45) is 0 Å². The van der Waals surface area contributed by atoms with Crippen molar-refractivity contribution in [1.29, 1.82) is 0 Å². The van der Waals surface area contributed by atoms with E-state index < -0.39 is 26.8 Å². The topological polar surface area (TPSA) is 117 Å². The molecule has 0 heterocycles. The van der Waals surface area contributed by atoms with E-state index in [1.807, 2.05) is 30.3 Å². The number of ether oxygens (including phenoxy) is 1. The number of hydrogen-bond acceptors (Lipinski definition) is 5. The highest BCUT2D eigenvalue weighted by Gasteiger charge is 2.40. The summed E-state index contributed by atoms with van der Waals surface area (Å²) in [7, 11) is -4.33. The van der Waals surface area contributed by atoms with Gasteiger partial charge in [-0.3, -0.25) is 9.59 Å². The van der Waals surface area contributed by atoms with Gasteiger partial charge in [0.25, 0.3) is 9.84 Å². The second-order valence-electron chi connectivity index (χ2n) is 6.30. The number of nitrogens with zero attached hydrogens (tertiary/aromatic N) is 3. The molecule has 8 nitrogen and oxygen atoms in total. The van der Waals surface area contributed by atoms with Crippen LogP contribution in [0, 0.1) is 0 Å². The van der Waals surface area contributed by atoms with Crippen LogP contribution in [0.5, 0.6) is 0 Å². The Labute approximate surface area is 175 Å². The van der Waals surface area contributed by atoms with E-state index in [2.05, 4.69) is 4.79 Å². The molecule has 0 N–H and O–H groups in total. The molecule has 0 spiro atoms. The van der Waals surface area contributed by atoms with E-state index >= 15 is 0 Å². The molecule has 0 radical (unpaired) electrons. The smallest absolute Gasteiger partial charge is 0.466 e. The van der Waals surface area contributed by atoms with Crippen molar-refractivity contribution in [3.05, 3.63) is 71.8 Å². The maximum Gasteiger partial charge on any atom is 0.473 e. The highest BCUT2D eigenvalue weighted by molar-refractivity contribution is 8.08. The number of carbonyl (C=O) groups is 2. The summed E-state index contributed by atoms with van der Waals surface area (Å²) >= 11 is 0. The molecule has 0 aromatic heterocycles. The second kappa shape index (κ2) is 11.0. The van der Waals surface area contributed by atoms with Crippen LogP contribution in [0.25, 0.3) is 5.53 Å². The van der Waals surface area contributed by atoms with E-state index in [0.29, 0.717) is 6.42 Å². The van der Waals surface area contributed by atoms with Gasteiger partial charge in [-0.15, -0.1) is 4.79 Å². The zero-order chi connectivity index (χ0) is 22.0. The standard InChI is InChI=1S/C21H23N3O5S/c1-2-29-19(25)14-16-24(15-13-17-9-5-3-6-10-17)21(26)20(23-22)30(27,28)18-11-7-4-8-12-18/h3-12H,2,13-16H2,1H3. The minimum Gasteiger partial charge on any atom is -0.466 e. The van der Waals surface area contributed by atoms with Gasteiger partial charge in [-0.1, -0.05) is 48.5 Å². The number of sulfone groups is 1. The van der Waals surface area contributed by atoms with Crippen LogP contribution in [0.15, 0.2) is 65.6 Å². The Morgan fingerprint density at radius 3 is 2.17 bits per heavy atom. The van der Waals surface area contributed by atoms with Gasteiger partial charge < -0.3 is 15.2 Å². The molecule has 0 saturated carbocycles. The van der Waals surface area contributed by atoms with Crippen molar-refractivity contribution in [3.63, 3.8) is 0 Å². The highest BCUT2D eigenvalue weighted by atomic mass is 32.2. The summed E-state index contributed by atoms with van der Waals surface area (Å²) in [5.74, 6) is -1.50. The van der Waals surface area contributed by atoms with Gasteiger partial charge in [0.1, 0.15) is 0 Å². The van der Waals surface area contributed by atoms with E-state index in [0.717, 1.165) is 5.56 Å². The zero-order valence-corrected chi connectivity index (χ0v) is 17.4. The van der Waals surface area contributed by atoms with Crippen molar-refractivity contribution in [1.82, 2.24) is 4.90 Å². The summed E-state index contributed by atoms with van der Waals surface area (Å²) in [5, 5.41) is -0.995. The largest absolute Gasteiger partial charge is 0.473 e. The van der Waals surface area contributed by atoms with Crippen molar-refractivity contribution >= 4 is 26.8 Å². The maximum absolute atomic E-state index is 13.0. The van der Waals surface area contributed by atoms with Crippen LogP contribution >= 0.6 is 0 Å². The van der Waals surface area contributed by atoms with Crippen LogP contribution in [0.4, 0.5) is 0 Å². The molecule has 1 amide bonds. The molecule has 9 heteroatoms. The molecule has 0 unspecified atom stereocenters. The zero-order valence-electron chi connectivity index (χ0n) is 16.6. The fourth-order valence-electron chi connectivity index (χ4n) is 2.74. The Balaban J connectivity index is 2.26. The van der Waals surface area contributed by atoms with Crippen LogP contribution in [-0.2, 0) is 30.6 Å². The lowest BCUT2D eigenvalue weighted by molar-refractivity contribution is -0.143. The fourth-order valence-corrected chi connectivity index (χ4v) is 3.95. The van der Waals surface area contributed by atoms with E-state index in [-0.39, 0.29) is 31.0 Å². The van der Waals surface area contributed by atoms with Crippen LogP contribution in [0.3, 0.4) is 0 Å². The first-order chi connectivity index (χ1) is 14.4. The summed E-state index contributed by atoms with van der Waals surface area (Å²) in [5.41, 5.74) is 10.3. The Hall–Kier alpha value is -3.29. The highest BCUT2D eigenvalue weighted by Crippen LogP contribution is 2.13. The summed E-state index contributed by atoms with van der Waals surface area (Å²) in [4.78, 5) is 28.5. The third-order valence-electron chi connectivity index (χ3n) is 4.27. The Morgan fingerprint density at radius 1 is 1.00 bits per heavy atom. The molecule has 0 atom stereocenters. The third kappa shape index (κ3) is 6.10. The van der Waals surface area contributed by atoms with Crippen LogP contribution in [-0.4, -0.2) is 54.7 Å². The minimum atomic E-state index is -4.33. The van der Waals surface area contributed by atoms with Gasteiger partial charge in [-0.25, -0.2) is 8.42 Å². The third-order valence-corrected chi connectivity index (χ3v) is 5.93. The molecular weight excluding hydrogens is 406 g/mol. The van der Waals surface area contributed by atoms with Gasteiger partial charge in [0, 0.05) is 13.1 Å². The number of esters is 1. The lowest BCUT2D eigenvalue weighted by Crippen LogP contribution is -2.42. The molecule has 2 aromatic rings. The molecule has 0 aliphatic heterocycles. The van der Waals surface area contributed by atoms with Crippen LogP contribution < -0.4 is 0 Å². The van der Waals surface area contributed by atoms with Crippen LogP contribution in [0.1, 0.15) is 18.9 Å². The maximum atomic E-state index is 13.0. The molecule has 0 bridgehead atoms. The SMILES string of the molecule is CCOC(=O)CCN(CCc1ccccc1)C(=O)C(=[N+]=[N-])S(=O)(=O)c1ccccc1. The van der Waals surface area contributed by atoms with Crippen LogP contribution in [0.2, 0.25) is 0 Å². The summed E-state index contributed by atoms with van der Waals surface area (Å²) in [6, 6.07) is 16.5. The summed E-state index contributed by atoms with van der Waals surface area (Å²) in [6.07, 6.45) is 0.317. The van der Waals surface area contributed by atoms with E-state index in [9.17, 15) is 23.5 Å². The first-order valence-electron chi connectivity index (χ1n) is 9.41. The number of benzene rings is 2. The number of amides is 1. The van der Waals surface area contributed by atoms with Gasteiger partial charge in [-0.2, -0.15) is 0 Å². The Morgan fingerprint density at radius 2 is 1.60 bits per heavy atom. The van der Waals surface area contributed by atoms with Gasteiger partial charge in [0.2, 0.25) is 0 Å². The average molecular weight is 429 g/mol. The molecule has 0 aliphatic carbocycles. The molecule has 2 rings (SSSR count). The quantitative estimate of drug-likeness (QED) is 0.209. The molecule has 158 valence electrons. The van der Waals surface area contributed by atoms with E-state index in [1.165, 1.54) is 29.2 Å². The molecular formula is C21H23N3O5S. The number of rotatable bonds is 8. The first kappa shape index (κ1) is 23.0. The molecule has 0 saturated heterocycles. The molecule has 0 fully saturated rings. The number of carbonyl (C=O) groups excluding carboxylic acids is 2. The fraction of sp³-hybridized carbons (Fsp3) is 0.286. The molecule has 0 aliphatic rings. The van der Waals surface area contributed by atoms with Gasteiger partial charge in [0.15, 0.2) is 0 Å². The average Bonchev–Trinajstić information content (AvgIpc) is 2.75. The van der Waals surface area contributed by atoms with Gasteiger partial charge in [0.05, 0.1) is 17.9 Å². The van der Waals surface area contributed by atoms with Crippen molar-refractivity contribution in [2.75, 3.05) is 19.7 Å². The van der Waals surface area contributed by atoms with Crippen molar-refractivity contribution in [2.45, 2.75) is 24.7 Å². The predicted molar refractivity (Wildman–Crippen MR) is 110 cm³/mol. The van der Waals surface area contributed by atoms with Crippen molar-refractivity contribution in [3.8, 4) is 0 Å². The summed E-state index contributed by atoms with van der Waals surface area (Å²) in [6.45, 7) is 1.92. The Bertz CT molecular complexity index is 1020. The first-order valence-corrected chi connectivity index (χ1v) is 10.9. The van der Waals surface area contributed by atoms with Crippen molar-refractivity contribution < 1.29 is 27.5 Å². The number of hydrogen-bond donors (Lipinski definition) is 0. The van der Waals surface area contributed by atoms with E-state index in [1.54, 1.807) is 13.0 Å². The molecule has 30 heavy (non-hydrogen) atoms. The Kier molecular flexibility index (Phi) is 8.46. The van der Waals surface area contributed by atoms with Gasteiger partial charge >= 0.3 is 16.9 Å². The van der Waals surface area contributed by atoms with E-state index in [4.69, 9.17) is 4.74 Å². The lowest BCUT2D eigenvalue weighted by Gasteiger charge is -2.20. The second-order valence-corrected chi connectivity index (χ2v) is 8.17. The summed E-state index contributed by atoms with van der Waals surface area (Å²) < 4.78 is 30.5. The van der Waals surface area contributed by atoms with Gasteiger partial charge in [-0.05, 0) is 31.0 Å². The monoisotopic (exact) mass is 429 g/mol. The lowest BCUT2D eigenvalue weighted by atomic mass is 10.1. The minimum absolute atomic E-state index is 0.0756. The predicted octanol–water partition coefficient (Wildman–Crippen LogP) is 2.11. The molecule has 2 aromatic carbocycles.